The highest BCUT2D eigenvalue weighted by Gasteiger charge is 2.35. The zero-order valence-electron chi connectivity index (χ0n) is 11.1. The van der Waals surface area contributed by atoms with Crippen molar-refractivity contribution in [3.63, 3.8) is 0 Å². The van der Waals surface area contributed by atoms with Crippen LogP contribution in [0.5, 0.6) is 0 Å². The van der Waals surface area contributed by atoms with Gasteiger partial charge in [0.2, 0.25) is 0 Å². The lowest BCUT2D eigenvalue weighted by molar-refractivity contribution is 0.241. The Labute approximate surface area is 119 Å². The van der Waals surface area contributed by atoms with Crippen LogP contribution in [0.4, 0.5) is 10.2 Å². The maximum Gasteiger partial charge on any atom is 0.170 e. The normalized spacial score (nSPS) is 27.2. The SMILES string of the molecule is Fc1c(CCl)ccnc1N1CCC[C@H]2CCCC[C@H]21. The maximum atomic E-state index is 14.4. The standard InChI is InChI=1S/C15H20ClFN2/c16-10-12-7-8-18-15(14(12)17)19-9-3-5-11-4-1-2-6-13(11)19/h7-8,11,13H,1-6,9-10H2/t11-,13-/m1/s1. The summed E-state index contributed by atoms with van der Waals surface area (Å²) < 4.78 is 14.4. The van der Waals surface area contributed by atoms with Crippen LogP contribution in [0.3, 0.4) is 0 Å². The smallest absolute Gasteiger partial charge is 0.170 e. The summed E-state index contributed by atoms with van der Waals surface area (Å²) in [5, 5.41) is 0. The predicted molar refractivity (Wildman–Crippen MR) is 76.1 cm³/mol. The van der Waals surface area contributed by atoms with Crippen LogP contribution in [0.15, 0.2) is 12.3 Å². The Balaban J connectivity index is 1.91. The predicted octanol–water partition coefficient (Wildman–Crippen LogP) is 4.12. The topological polar surface area (TPSA) is 16.1 Å². The molecule has 0 amide bonds. The minimum atomic E-state index is -0.219. The second-order valence-corrected chi connectivity index (χ2v) is 5.96. The fourth-order valence-corrected chi connectivity index (χ4v) is 3.87. The van der Waals surface area contributed by atoms with Crippen molar-refractivity contribution in [2.45, 2.75) is 50.4 Å². The first kappa shape index (κ1) is 13.2. The van der Waals surface area contributed by atoms with E-state index in [-0.39, 0.29) is 11.7 Å². The fraction of sp³-hybridized carbons (Fsp3) is 0.667. The number of nitrogens with zero attached hydrogens (tertiary/aromatic N) is 2. The molecule has 19 heavy (non-hydrogen) atoms. The zero-order valence-corrected chi connectivity index (χ0v) is 11.9. The van der Waals surface area contributed by atoms with E-state index in [4.69, 9.17) is 11.6 Å². The van der Waals surface area contributed by atoms with Gasteiger partial charge in [-0.05, 0) is 37.7 Å². The number of piperidine rings is 1. The Morgan fingerprint density at radius 2 is 2.05 bits per heavy atom. The van der Waals surface area contributed by atoms with E-state index in [0.29, 0.717) is 17.4 Å². The van der Waals surface area contributed by atoms with Crippen molar-refractivity contribution < 1.29 is 4.39 Å². The number of fused-ring (bicyclic) bond motifs is 1. The van der Waals surface area contributed by atoms with Gasteiger partial charge in [-0.3, -0.25) is 0 Å². The molecule has 0 radical (unpaired) electrons. The van der Waals surface area contributed by atoms with Gasteiger partial charge in [0.25, 0.3) is 0 Å². The lowest BCUT2D eigenvalue weighted by atomic mass is 9.78. The molecular weight excluding hydrogens is 263 g/mol. The third kappa shape index (κ3) is 2.45. The van der Waals surface area contributed by atoms with Crippen LogP contribution in [0.1, 0.15) is 44.1 Å². The van der Waals surface area contributed by atoms with E-state index in [9.17, 15) is 4.39 Å². The second-order valence-electron chi connectivity index (χ2n) is 5.69. The first-order valence-electron chi connectivity index (χ1n) is 7.27. The van der Waals surface area contributed by atoms with Gasteiger partial charge in [-0.1, -0.05) is 12.8 Å². The molecule has 2 heterocycles. The van der Waals surface area contributed by atoms with E-state index >= 15 is 0 Å². The van der Waals surface area contributed by atoms with Crippen LogP contribution in [0.2, 0.25) is 0 Å². The lowest BCUT2D eigenvalue weighted by Crippen LogP contribution is -2.47. The Hall–Kier alpha value is -0.830. The molecule has 0 N–H and O–H groups in total. The number of aromatic nitrogens is 1. The van der Waals surface area contributed by atoms with Gasteiger partial charge >= 0.3 is 0 Å². The Morgan fingerprint density at radius 3 is 2.89 bits per heavy atom. The summed E-state index contributed by atoms with van der Waals surface area (Å²) in [6.07, 6.45) is 9.17. The van der Waals surface area contributed by atoms with Gasteiger partial charge < -0.3 is 4.90 Å². The van der Waals surface area contributed by atoms with Gasteiger partial charge in [0.1, 0.15) is 0 Å². The van der Waals surface area contributed by atoms with Crippen LogP contribution in [0.25, 0.3) is 0 Å². The second kappa shape index (κ2) is 5.66. The molecule has 2 nitrogen and oxygen atoms in total. The van der Waals surface area contributed by atoms with Crippen molar-refractivity contribution in [1.29, 1.82) is 0 Å². The molecule has 2 atom stereocenters. The van der Waals surface area contributed by atoms with Crippen LogP contribution in [-0.2, 0) is 5.88 Å². The van der Waals surface area contributed by atoms with Crippen molar-refractivity contribution >= 4 is 17.4 Å². The molecule has 0 bridgehead atoms. The molecule has 3 rings (SSSR count). The summed E-state index contributed by atoms with van der Waals surface area (Å²) in [6, 6.07) is 2.16. The highest BCUT2D eigenvalue weighted by Crippen LogP contribution is 2.38. The first-order chi connectivity index (χ1) is 9.31. The molecular formula is C15H20ClFN2. The van der Waals surface area contributed by atoms with Gasteiger partial charge in [0.15, 0.2) is 11.6 Å². The van der Waals surface area contributed by atoms with Gasteiger partial charge in [0.05, 0.1) is 5.88 Å². The van der Waals surface area contributed by atoms with E-state index in [1.54, 1.807) is 12.3 Å². The minimum Gasteiger partial charge on any atom is -0.351 e. The number of pyridine rings is 1. The molecule has 4 heteroatoms. The fourth-order valence-electron chi connectivity index (χ4n) is 3.66. The molecule has 1 saturated carbocycles. The molecule has 1 aliphatic carbocycles. The van der Waals surface area contributed by atoms with Crippen molar-refractivity contribution in [3.8, 4) is 0 Å². The summed E-state index contributed by atoms with van der Waals surface area (Å²) >= 11 is 5.79. The lowest BCUT2D eigenvalue weighted by Gasteiger charge is -2.44. The van der Waals surface area contributed by atoms with Gasteiger partial charge in [-0.2, -0.15) is 0 Å². The van der Waals surface area contributed by atoms with Gasteiger partial charge in [-0.15, -0.1) is 11.6 Å². The van der Waals surface area contributed by atoms with E-state index in [2.05, 4.69) is 9.88 Å². The summed E-state index contributed by atoms with van der Waals surface area (Å²) in [5.41, 5.74) is 0.560. The molecule has 104 valence electrons. The largest absolute Gasteiger partial charge is 0.351 e. The molecule has 0 unspecified atom stereocenters. The van der Waals surface area contributed by atoms with Crippen LogP contribution < -0.4 is 4.90 Å². The van der Waals surface area contributed by atoms with Crippen molar-refractivity contribution in [2.75, 3.05) is 11.4 Å². The van der Waals surface area contributed by atoms with Crippen LogP contribution in [0, 0.1) is 11.7 Å². The number of hydrogen-bond acceptors (Lipinski definition) is 2. The summed E-state index contributed by atoms with van der Waals surface area (Å²) in [7, 11) is 0. The Kier molecular flexibility index (Phi) is 3.92. The molecule has 1 aromatic rings. The number of alkyl halides is 1. The third-order valence-electron chi connectivity index (χ3n) is 4.61. The maximum absolute atomic E-state index is 14.4. The van der Waals surface area contributed by atoms with Crippen molar-refractivity contribution in [2.24, 2.45) is 5.92 Å². The summed E-state index contributed by atoms with van der Waals surface area (Å²) in [5.74, 6) is 1.24. The average Bonchev–Trinajstić information content (AvgIpc) is 2.47. The number of rotatable bonds is 2. The van der Waals surface area contributed by atoms with Crippen LogP contribution in [-0.4, -0.2) is 17.6 Å². The van der Waals surface area contributed by atoms with E-state index in [1.165, 1.54) is 32.1 Å². The zero-order chi connectivity index (χ0) is 13.2. The summed E-state index contributed by atoms with van der Waals surface area (Å²) in [4.78, 5) is 6.50. The highest BCUT2D eigenvalue weighted by atomic mass is 35.5. The third-order valence-corrected chi connectivity index (χ3v) is 4.90. The average molecular weight is 283 g/mol. The Morgan fingerprint density at radius 1 is 1.26 bits per heavy atom. The quantitative estimate of drug-likeness (QED) is 0.759. The van der Waals surface area contributed by atoms with E-state index in [1.807, 2.05) is 0 Å². The van der Waals surface area contributed by atoms with Gasteiger partial charge in [0, 0.05) is 24.3 Å². The number of halogens is 2. The monoisotopic (exact) mass is 282 g/mol. The highest BCUT2D eigenvalue weighted by molar-refractivity contribution is 6.17. The number of hydrogen-bond donors (Lipinski definition) is 0. The molecule has 2 fully saturated rings. The minimum absolute atomic E-state index is 0.212. The molecule has 0 spiro atoms. The number of anilines is 1. The van der Waals surface area contributed by atoms with Crippen LogP contribution >= 0.6 is 11.6 Å². The first-order valence-corrected chi connectivity index (χ1v) is 7.80. The van der Waals surface area contributed by atoms with Crippen molar-refractivity contribution in [3.05, 3.63) is 23.6 Å². The van der Waals surface area contributed by atoms with Crippen molar-refractivity contribution in [1.82, 2.24) is 4.98 Å². The van der Waals surface area contributed by atoms with E-state index < -0.39 is 0 Å². The molecule has 2 aliphatic rings. The summed E-state index contributed by atoms with van der Waals surface area (Å²) in [6.45, 7) is 0.927. The molecule has 1 aromatic heterocycles. The molecule has 1 saturated heterocycles. The Bertz CT molecular complexity index is 450. The van der Waals surface area contributed by atoms with Gasteiger partial charge in [-0.25, -0.2) is 9.37 Å². The molecule has 0 aromatic carbocycles. The van der Waals surface area contributed by atoms with E-state index in [0.717, 1.165) is 18.9 Å². The molecule has 1 aliphatic heterocycles.